The van der Waals surface area contributed by atoms with Crippen molar-refractivity contribution in [2.75, 3.05) is 11.5 Å². The van der Waals surface area contributed by atoms with Gasteiger partial charge in [0.15, 0.2) is 0 Å². The van der Waals surface area contributed by atoms with Crippen LogP contribution >= 0.6 is 23.5 Å². The molecule has 4 heteroatoms. The Morgan fingerprint density at radius 1 is 1.44 bits per heavy atom. The van der Waals surface area contributed by atoms with Gasteiger partial charge in [0.05, 0.1) is 10.00 Å². The summed E-state index contributed by atoms with van der Waals surface area (Å²) in [7, 11) is 0. The highest BCUT2D eigenvalue weighted by Crippen LogP contribution is 2.59. The average molecular weight is 260 g/mol. The Hall–Kier alpha value is 0.170. The van der Waals surface area contributed by atoms with Gasteiger partial charge in [-0.05, 0) is 24.7 Å². The first-order valence-electron chi connectivity index (χ1n) is 6.11. The van der Waals surface area contributed by atoms with E-state index in [1.807, 2.05) is 0 Å². The Morgan fingerprint density at radius 2 is 2.06 bits per heavy atom. The van der Waals surface area contributed by atoms with Crippen LogP contribution in [-0.2, 0) is 4.79 Å². The lowest BCUT2D eigenvalue weighted by atomic mass is 9.71. The highest BCUT2D eigenvalue weighted by atomic mass is 32.2. The predicted octanol–water partition coefficient (Wildman–Crippen LogP) is 3.32. The number of carbonyl (C=O) groups is 1. The van der Waals surface area contributed by atoms with Gasteiger partial charge in [0, 0.05) is 11.5 Å². The fraction of sp³-hybridized carbons (Fsp3) is 0.917. The molecule has 92 valence electrons. The number of hydrogen-bond donors (Lipinski definition) is 1. The monoisotopic (exact) mass is 260 g/mol. The second-order valence-corrected chi connectivity index (χ2v) is 7.98. The van der Waals surface area contributed by atoms with E-state index >= 15 is 0 Å². The summed E-state index contributed by atoms with van der Waals surface area (Å²) < 4.78 is 0.347. The number of rotatable bonds is 2. The fourth-order valence-corrected chi connectivity index (χ4v) is 7.25. The van der Waals surface area contributed by atoms with E-state index in [1.165, 1.54) is 11.5 Å². The molecule has 3 atom stereocenters. The molecule has 2 aliphatic rings. The van der Waals surface area contributed by atoms with E-state index in [4.69, 9.17) is 0 Å². The molecule has 0 aromatic carbocycles. The summed E-state index contributed by atoms with van der Waals surface area (Å²) in [6.07, 6.45) is 3.07. The molecule has 3 unspecified atom stereocenters. The maximum Gasteiger partial charge on any atom is 0.306 e. The maximum absolute atomic E-state index is 11.2. The average Bonchev–Trinajstić information content (AvgIpc) is 2.67. The molecule has 0 amide bonds. The number of thioether (sulfide) groups is 2. The van der Waals surface area contributed by atoms with E-state index in [9.17, 15) is 9.90 Å². The Morgan fingerprint density at radius 3 is 2.56 bits per heavy atom. The van der Waals surface area contributed by atoms with E-state index < -0.39 is 5.97 Å². The van der Waals surface area contributed by atoms with E-state index in [0.29, 0.717) is 15.9 Å². The molecule has 1 N–H and O–H groups in total. The molecule has 2 fully saturated rings. The highest BCUT2D eigenvalue weighted by molar-refractivity contribution is 8.21. The van der Waals surface area contributed by atoms with Crippen molar-refractivity contribution in [1.29, 1.82) is 0 Å². The molecular formula is C12H20O2S2. The predicted molar refractivity (Wildman–Crippen MR) is 71.0 cm³/mol. The van der Waals surface area contributed by atoms with Crippen LogP contribution < -0.4 is 0 Å². The van der Waals surface area contributed by atoms with Crippen molar-refractivity contribution >= 4 is 29.5 Å². The van der Waals surface area contributed by atoms with Crippen LogP contribution in [0, 0.1) is 17.8 Å². The molecule has 1 spiro atoms. The molecule has 1 saturated carbocycles. The number of hydrogen-bond acceptors (Lipinski definition) is 3. The normalized spacial score (nSPS) is 37.8. The van der Waals surface area contributed by atoms with Gasteiger partial charge in [-0.3, -0.25) is 4.79 Å². The van der Waals surface area contributed by atoms with Crippen molar-refractivity contribution in [3.05, 3.63) is 0 Å². The minimum Gasteiger partial charge on any atom is -0.481 e. The van der Waals surface area contributed by atoms with Crippen LogP contribution in [0.5, 0.6) is 0 Å². The van der Waals surface area contributed by atoms with Crippen molar-refractivity contribution < 1.29 is 9.90 Å². The fourth-order valence-electron chi connectivity index (χ4n) is 3.35. The Kier molecular flexibility index (Phi) is 3.79. The van der Waals surface area contributed by atoms with Crippen LogP contribution in [0.4, 0.5) is 0 Å². The van der Waals surface area contributed by atoms with Gasteiger partial charge in [-0.25, -0.2) is 0 Å². The lowest BCUT2D eigenvalue weighted by molar-refractivity contribution is -0.145. The van der Waals surface area contributed by atoms with Crippen LogP contribution in [0.15, 0.2) is 0 Å². The molecule has 0 bridgehead atoms. The van der Waals surface area contributed by atoms with Gasteiger partial charge < -0.3 is 5.11 Å². The lowest BCUT2D eigenvalue weighted by Gasteiger charge is -2.46. The van der Waals surface area contributed by atoms with Crippen molar-refractivity contribution in [3.8, 4) is 0 Å². The molecule has 1 aliphatic carbocycles. The second kappa shape index (κ2) is 4.81. The molecule has 1 aliphatic heterocycles. The minimum absolute atomic E-state index is 0.114. The zero-order valence-corrected chi connectivity index (χ0v) is 11.6. The Balaban J connectivity index is 2.18. The van der Waals surface area contributed by atoms with Crippen molar-refractivity contribution in [1.82, 2.24) is 0 Å². The van der Waals surface area contributed by atoms with Gasteiger partial charge in [-0.1, -0.05) is 20.3 Å². The number of carboxylic acid groups (broad SMARTS) is 1. The molecule has 16 heavy (non-hydrogen) atoms. The molecule has 2 rings (SSSR count). The molecule has 0 aromatic rings. The van der Waals surface area contributed by atoms with Gasteiger partial charge in [-0.15, -0.1) is 23.5 Å². The van der Waals surface area contributed by atoms with E-state index in [2.05, 4.69) is 37.4 Å². The molecule has 2 nitrogen and oxygen atoms in total. The van der Waals surface area contributed by atoms with E-state index in [-0.39, 0.29) is 5.92 Å². The van der Waals surface area contributed by atoms with E-state index in [1.54, 1.807) is 0 Å². The van der Waals surface area contributed by atoms with E-state index in [0.717, 1.165) is 19.3 Å². The van der Waals surface area contributed by atoms with Gasteiger partial charge in [-0.2, -0.15) is 0 Å². The number of carboxylic acids is 1. The van der Waals surface area contributed by atoms with Gasteiger partial charge in [0.25, 0.3) is 0 Å². The van der Waals surface area contributed by atoms with Crippen LogP contribution in [0.1, 0.15) is 33.1 Å². The van der Waals surface area contributed by atoms with Crippen molar-refractivity contribution in [2.45, 2.75) is 37.2 Å². The quantitative estimate of drug-likeness (QED) is 0.826. The molecule has 0 radical (unpaired) electrons. The van der Waals surface area contributed by atoms with Gasteiger partial charge >= 0.3 is 5.97 Å². The summed E-state index contributed by atoms with van der Waals surface area (Å²) in [5, 5.41) is 9.24. The standard InChI is InChI=1S/C12H20O2S2/c1-3-10-8(2)9(11(13)14)4-5-12(10)15-6-7-16-12/h8-10H,3-7H2,1-2H3,(H,13,14). The van der Waals surface area contributed by atoms with Crippen LogP contribution in [0.25, 0.3) is 0 Å². The summed E-state index contributed by atoms with van der Waals surface area (Å²) in [4.78, 5) is 11.2. The van der Waals surface area contributed by atoms with Crippen LogP contribution in [0.3, 0.4) is 0 Å². The lowest BCUT2D eigenvalue weighted by Crippen LogP contribution is -2.44. The van der Waals surface area contributed by atoms with Gasteiger partial charge in [0.2, 0.25) is 0 Å². The molecule has 0 aromatic heterocycles. The van der Waals surface area contributed by atoms with Gasteiger partial charge in [0.1, 0.15) is 0 Å². The molecule has 1 saturated heterocycles. The van der Waals surface area contributed by atoms with Crippen molar-refractivity contribution in [2.24, 2.45) is 17.8 Å². The third-order valence-electron chi connectivity index (χ3n) is 4.17. The summed E-state index contributed by atoms with van der Waals surface area (Å²) in [6.45, 7) is 4.36. The van der Waals surface area contributed by atoms with Crippen LogP contribution in [0.2, 0.25) is 0 Å². The Bertz CT molecular complexity index is 274. The number of aliphatic carboxylic acids is 1. The SMILES string of the molecule is CCC1C(C)C(C(=O)O)CCC12SCCS2. The summed E-state index contributed by atoms with van der Waals surface area (Å²) >= 11 is 4.17. The zero-order valence-electron chi connectivity index (χ0n) is 9.94. The summed E-state index contributed by atoms with van der Waals surface area (Å²) in [5.41, 5.74) is 0. The maximum atomic E-state index is 11.2. The first-order chi connectivity index (χ1) is 7.60. The third kappa shape index (κ3) is 1.99. The topological polar surface area (TPSA) is 37.3 Å². The highest BCUT2D eigenvalue weighted by Gasteiger charge is 2.50. The zero-order chi connectivity index (χ0) is 11.8. The summed E-state index contributed by atoms with van der Waals surface area (Å²) in [6, 6.07) is 0. The summed E-state index contributed by atoms with van der Waals surface area (Å²) in [5.74, 6) is 2.68. The Labute approximate surface area is 106 Å². The molecule has 1 heterocycles. The minimum atomic E-state index is -0.589. The second-order valence-electron chi connectivity index (χ2n) is 4.87. The third-order valence-corrected chi connectivity index (χ3v) is 7.94. The first-order valence-corrected chi connectivity index (χ1v) is 8.08. The first kappa shape index (κ1) is 12.6. The van der Waals surface area contributed by atoms with Crippen molar-refractivity contribution in [3.63, 3.8) is 0 Å². The molecular weight excluding hydrogens is 240 g/mol. The van der Waals surface area contributed by atoms with Crippen LogP contribution in [-0.4, -0.2) is 26.7 Å². The largest absolute Gasteiger partial charge is 0.481 e. The smallest absolute Gasteiger partial charge is 0.306 e.